The Labute approximate surface area is 93.5 Å². The van der Waals surface area contributed by atoms with E-state index >= 15 is 0 Å². The van der Waals surface area contributed by atoms with E-state index in [0.29, 0.717) is 17.4 Å². The first-order chi connectivity index (χ1) is 7.18. The molecule has 3 nitrogen and oxygen atoms in total. The third-order valence-electron chi connectivity index (χ3n) is 2.27. The van der Waals surface area contributed by atoms with Crippen LogP contribution in [0.5, 0.6) is 0 Å². The fraction of sp³-hybridized carbons (Fsp3) is 0.182. The van der Waals surface area contributed by atoms with Crippen LogP contribution >= 0.6 is 11.6 Å². The highest BCUT2D eigenvalue weighted by Crippen LogP contribution is 2.22. The molecule has 0 fully saturated rings. The topological polar surface area (TPSA) is 43.8 Å². The van der Waals surface area contributed by atoms with E-state index < -0.39 is 0 Å². The Kier molecular flexibility index (Phi) is 2.64. The van der Waals surface area contributed by atoms with E-state index in [1.807, 2.05) is 37.3 Å². The molecule has 4 heteroatoms. The van der Waals surface area contributed by atoms with Crippen molar-refractivity contribution in [3.63, 3.8) is 0 Å². The number of hydrogen-bond donors (Lipinski definition) is 1. The lowest BCUT2D eigenvalue weighted by molar-refractivity contribution is 0.689. The van der Waals surface area contributed by atoms with Gasteiger partial charge in [-0.2, -0.15) is 5.10 Å². The minimum absolute atomic E-state index is 0.526. The average molecular weight is 222 g/mol. The monoisotopic (exact) mass is 221 g/mol. The van der Waals surface area contributed by atoms with Gasteiger partial charge in [0.25, 0.3) is 0 Å². The van der Waals surface area contributed by atoms with Crippen LogP contribution in [0, 0.1) is 6.92 Å². The molecule has 0 bridgehead atoms. The highest BCUT2D eigenvalue weighted by molar-refractivity contribution is 6.33. The highest BCUT2D eigenvalue weighted by atomic mass is 35.5. The predicted octanol–water partition coefficient (Wildman–Crippen LogP) is 2.48. The number of nitrogens with zero attached hydrogens (tertiary/aromatic N) is 2. The van der Waals surface area contributed by atoms with E-state index in [0.717, 1.165) is 11.3 Å². The molecule has 0 saturated heterocycles. The summed E-state index contributed by atoms with van der Waals surface area (Å²) in [5, 5.41) is 4.81. The molecule has 0 atom stereocenters. The Morgan fingerprint density at radius 3 is 2.53 bits per heavy atom. The van der Waals surface area contributed by atoms with Gasteiger partial charge in [-0.15, -0.1) is 0 Å². The maximum atomic E-state index is 5.96. The van der Waals surface area contributed by atoms with Gasteiger partial charge in [-0.3, -0.25) is 0 Å². The number of aryl methyl sites for hydroxylation is 1. The van der Waals surface area contributed by atoms with Crippen molar-refractivity contribution < 1.29 is 0 Å². The van der Waals surface area contributed by atoms with Crippen LogP contribution in [0.4, 0.5) is 5.82 Å². The zero-order chi connectivity index (χ0) is 10.8. The molecule has 1 aromatic carbocycles. The fourth-order valence-electron chi connectivity index (χ4n) is 1.45. The molecule has 15 heavy (non-hydrogen) atoms. The Balaban J connectivity index is 2.29. The molecule has 78 valence electrons. The zero-order valence-electron chi connectivity index (χ0n) is 8.44. The first kappa shape index (κ1) is 10.1. The largest absolute Gasteiger partial charge is 0.383 e. The van der Waals surface area contributed by atoms with E-state index in [2.05, 4.69) is 5.10 Å². The first-order valence-electron chi connectivity index (χ1n) is 4.71. The molecule has 2 rings (SSSR count). The van der Waals surface area contributed by atoms with Gasteiger partial charge in [0.15, 0.2) is 0 Å². The second-order valence-corrected chi connectivity index (χ2v) is 3.81. The van der Waals surface area contributed by atoms with E-state index in [1.54, 1.807) is 4.68 Å². The summed E-state index contributed by atoms with van der Waals surface area (Å²) in [5.41, 5.74) is 7.74. The van der Waals surface area contributed by atoms with Crippen LogP contribution in [0.2, 0.25) is 5.02 Å². The molecule has 0 saturated carbocycles. The highest BCUT2D eigenvalue weighted by Gasteiger charge is 2.09. The minimum Gasteiger partial charge on any atom is -0.383 e. The molecule has 0 aliphatic heterocycles. The first-order valence-corrected chi connectivity index (χ1v) is 5.08. The molecule has 1 aromatic heterocycles. The van der Waals surface area contributed by atoms with E-state index in [1.165, 1.54) is 0 Å². The van der Waals surface area contributed by atoms with Gasteiger partial charge in [0.1, 0.15) is 10.8 Å². The summed E-state index contributed by atoms with van der Waals surface area (Å²) in [7, 11) is 0. The molecule has 0 unspecified atom stereocenters. The van der Waals surface area contributed by atoms with Crippen LogP contribution in [0.15, 0.2) is 30.3 Å². The van der Waals surface area contributed by atoms with Crippen molar-refractivity contribution in [1.29, 1.82) is 0 Å². The fourth-order valence-corrected chi connectivity index (χ4v) is 1.59. The summed E-state index contributed by atoms with van der Waals surface area (Å²) in [4.78, 5) is 0. The summed E-state index contributed by atoms with van der Waals surface area (Å²) in [6.07, 6.45) is 0. The van der Waals surface area contributed by atoms with Crippen molar-refractivity contribution in [2.45, 2.75) is 13.5 Å². The third-order valence-corrected chi connectivity index (χ3v) is 2.73. The minimum atomic E-state index is 0.526. The van der Waals surface area contributed by atoms with E-state index in [9.17, 15) is 0 Å². The second kappa shape index (κ2) is 3.95. The van der Waals surface area contributed by atoms with Crippen molar-refractivity contribution in [3.8, 4) is 0 Å². The predicted molar refractivity (Wildman–Crippen MR) is 61.9 cm³/mol. The quantitative estimate of drug-likeness (QED) is 0.847. The summed E-state index contributed by atoms with van der Waals surface area (Å²) in [6.45, 7) is 2.50. The van der Waals surface area contributed by atoms with Crippen LogP contribution in [0.3, 0.4) is 0 Å². The molecule has 0 aliphatic carbocycles. The summed E-state index contributed by atoms with van der Waals surface area (Å²) in [6, 6.07) is 10.0. The van der Waals surface area contributed by atoms with Gasteiger partial charge in [0.2, 0.25) is 0 Å². The SMILES string of the molecule is Cc1nn(Cc2ccccc2)c(N)c1Cl. The van der Waals surface area contributed by atoms with Gasteiger partial charge < -0.3 is 5.73 Å². The number of nitrogens with two attached hydrogens (primary N) is 1. The van der Waals surface area contributed by atoms with Gasteiger partial charge in [-0.25, -0.2) is 4.68 Å². The molecule has 2 aromatic rings. The van der Waals surface area contributed by atoms with Crippen LogP contribution in [-0.4, -0.2) is 9.78 Å². The van der Waals surface area contributed by atoms with Crippen molar-refractivity contribution in [2.75, 3.05) is 5.73 Å². The molecular weight excluding hydrogens is 210 g/mol. The van der Waals surface area contributed by atoms with Crippen molar-refractivity contribution in [1.82, 2.24) is 9.78 Å². The number of halogens is 1. The van der Waals surface area contributed by atoms with Crippen LogP contribution in [0.25, 0.3) is 0 Å². The van der Waals surface area contributed by atoms with Crippen LogP contribution in [0.1, 0.15) is 11.3 Å². The van der Waals surface area contributed by atoms with Crippen molar-refractivity contribution in [2.24, 2.45) is 0 Å². The van der Waals surface area contributed by atoms with Gasteiger partial charge in [0, 0.05) is 0 Å². The molecule has 2 N–H and O–H groups in total. The third kappa shape index (κ3) is 1.97. The molecule has 1 heterocycles. The maximum Gasteiger partial charge on any atom is 0.141 e. The number of aromatic nitrogens is 2. The molecule has 0 radical (unpaired) electrons. The van der Waals surface area contributed by atoms with Crippen LogP contribution < -0.4 is 5.73 Å². The number of nitrogen functional groups attached to an aromatic ring is 1. The Bertz CT molecular complexity index is 462. The Hall–Kier alpha value is -1.48. The molecule has 0 amide bonds. The lowest BCUT2D eigenvalue weighted by Gasteiger charge is -2.03. The lowest BCUT2D eigenvalue weighted by atomic mass is 10.2. The summed E-state index contributed by atoms with van der Waals surface area (Å²) < 4.78 is 1.72. The molecule has 0 aliphatic rings. The standard InChI is InChI=1S/C11H12ClN3/c1-8-10(12)11(13)15(14-8)7-9-5-3-2-4-6-9/h2-6H,7,13H2,1H3. The lowest BCUT2D eigenvalue weighted by Crippen LogP contribution is -2.05. The number of benzene rings is 1. The van der Waals surface area contributed by atoms with Gasteiger partial charge in [0.05, 0.1) is 12.2 Å². The smallest absolute Gasteiger partial charge is 0.141 e. The number of anilines is 1. The summed E-state index contributed by atoms with van der Waals surface area (Å²) in [5.74, 6) is 0.526. The number of rotatable bonds is 2. The normalized spacial score (nSPS) is 10.5. The molecular formula is C11H12ClN3. The van der Waals surface area contributed by atoms with Gasteiger partial charge in [-0.05, 0) is 12.5 Å². The van der Waals surface area contributed by atoms with Crippen LogP contribution in [-0.2, 0) is 6.54 Å². The number of hydrogen-bond acceptors (Lipinski definition) is 2. The van der Waals surface area contributed by atoms with Crippen molar-refractivity contribution >= 4 is 17.4 Å². The summed E-state index contributed by atoms with van der Waals surface area (Å²) >= 11 is 5.96. The average Bonchev–Trinajstić information content (AvgIpc) is 2.48. The zero-order valence-corrected chi connectivity index (χ0v) is 9.20. The molecule has 0 spiro atoms. The van der Waals surface area contributed by atoms with Gasteiger partial charge >= 0.3 is 0 Å². The second-order valence-electron chi connectivity index (χ2n) is 3.43. The van der Waals surface area contributed by atoms with Gasteiger partial charge in [-0.1, -0.05) is 41.9 Å². The Morgan fingerprint density at radius 1 is 1.33 bits per heavy atom. The Morgan fingerprint density at radius 2 is 2.00 bits per heavy atom. The van der Waals surface area contributed by atoms with E-state index in [-0.39, 0.29) is 0 Å². The van der Waals surface area contributed by atoms with Crippen molar-refractivity contribution in [3.05, 3.63) is 46.6 Å². The van der Waals surface area contributed by atoms with E-state index in [4.69, 9.17) is 17.3 Å². The maximum absolute atomic E-state index is 5.96.